The first-order valence-electron chi connectivity index (χ1n) is 5.73. The Hall–Kier alpha value is -1.24. The standard InChI is InChI=1S/C12H13ClN2O3S/c13-7-2-1-3-8(10(7)12(17)18)15-11(16)9-6-19-5-4-14-9/h1-3,9,14H,4-6H2,(H,15,16)(H,17,18). The molecule has 1 aliphatic rings. The van der Waals surface area contributed by atoms with E-state index in [1.165, 1.54) is 12.1 Å². The van der Waals surface area contributed by atoms with Crippen LogP contribution in [-0.2, 0) is 4.79 Å². The fourth-order valence-electron chi connectivity index (χ4n) is 1.80. The molecular formula is C12H13ClN2O3S. The highest BCUT2D eigenvalue weighted by atomic mass is 35.5. The molecule has 102 valence electrons. The van der Waals surface area contributed by atoms with E-state index in [0.717, 1.165) is 12.3 Å². The molecule has 1 amide bonds. The number of benzene rings is 1. The summed E-state index contributed by atoms with van der Waals surface area (Å²) in [6.45, 7) is 0.768. The quantitative estimate of drug-likeness (QED) is 0.791. The molecule has 1 atom stereocenters. The number of carbonyl (C=O) groups is 2. The molecule has 3 N–H and O–H groups in total. The molecule has 5 nitrogen and oxygen atoms in total. The maximum atomic E-state index is 12.0. The lowest BCUT2D eigenvalue weighted by molar-refractivity contribution is -0.117. The summed E-state index contributed by atoms with van der Waals surface area (Å²) in [5.41, 5.74) is 0.142. The van der Waals surface area contributed by atoms with E-state index in [0.29, 0.717) is 5.75 Å². The van der Waals surface area contributed by atoms with Crippen LogP contribution < -0.4 is 10.6 Å². The third kappa shape index (κ3) is 3.40. The summed E-state index contributed by atoms with van der Waals surface area (Å²) in [4.78, 5) is 23.2. The van der Waals surface area contributed by atoms with E-state index in [1.807, 2.05) is 0 Å². The van der Waals surface area contributed by atoms with Crippen LogP contribution in [0.2, 0.25) is 5.02 Å². The predicted molar refractivity (Wildman–Crippen MR) is 76.2 cm³/mol. The molecular weight excluding hydrogens is 288 g/mol. The zero-order chi connectivity index (χ0) is 13.8. The summed E-state index contributed by atoms with van der Waals surface area (Å²) in [6, 6.07) is 4.31. The fraction of sp³-hybridized carbons (Fsp3) is 0.333. The summed E-state index contributed by atoms with van der Waals surface area (Å²) in [7, 11) is 0. The van der Waals surface area contributed by atoms with Crippen molar-refractivity contribution in [2.24, 2.45) is 0 Å². The van der Waals surface area contributed by atoms with Gasteiger partial charge in [-0.25, -0.2) is 4.79 Å². The minimum Gasteiger partial charge on any atom is -0.478 e. The van der Waals surface area contributed by atoms with Crippen LogP contribution in [0.4, 0.5) is 5.69 Å². The van der Waals surface area contributed by atoms with Crippen molar-refractivity contribution in [3.05, 3.63) is 28.8 Å². The molecule has 7 heteroatoms. The van der Waals surface area contributed by atoms with Crippen molar-refractivity contribution in [2.45, 2.75) is 6.04 Å². The van der Waals surface area contributed by atoms with Gasteiger partial charge in [-0.2, -0.15) is 11.8 Å². The van der Waals surface area contributed by atoms with Crippen LogP contribution in [0.25, 0.3) is 0 Å². The van der Waals surface area contributed by atoms with Crippen LogP contribution in [0.5, 0.6) is 0 Å². The molecule has 0 aliphatic carbocycles. The number of hydrogen-bond acceptors (Lipinski definition) is 4. The van der Waals surface area contributed by atoms with Crippen LogP contribution >= 0.6 is 23.4 Å². The van der Waals surface area contributed by atoms with Crippen LogP contribution in [0.15, 0.2) is 18.2 Å². The first-order valence-corrected chi connectivity index (χ1v) is 7.26. The number of rotatable bonds is 3. The van der Waals surface area contributed by atoms with Crippen molar-refractivity contribution in [1.82, 2.24) is 5.32 Å². The minimum absolute atomic E-state index is 0.0824. The summed E-state index contributed by atoms with van der Waals surface area (Å²) in [5, 5.41) is 14.9. The second kappa shape index (κ2) is 6.27. The van der Waals surface area contributed by atoms with Crippen molar-refractivity contribution in [3.63, 3.8) is 0 Å². The molecule has 0 spiro atoms. The Morgan fingerprint density at radius 2 is 2.26 bits per heavy atom. The minimum atomic E-state index is -1.16. The molecule has 0 bridgehead atoms. The Balaban J connectivity index is 2.16. The lowest BCUT2D eigenvalue weighted by Crippen LogP contribution is -2.46. The number of thioether (sulfide) groups is 1. The number of hydrogen-bond donors (Lipinski definition) is 3. The van der Waals surface area contributed by atoms with E-state index in [-0.39, 0.29) is 28.2 Å². The molecule has 1 unspecified atom stereocenters. The summed E-state index contributed by atoms with van der Waals surface area (Å²) in [6.07, 6.45) is 0. The van der Waals surface area contributed by atoms with E-state index in [1.54, 1.807) is 17.8 Å². The average Bonchev–Trinajstić information content (AvgIpc) is 2.39. The van der Waals surface area contributed by atoms with E-state index in [9.17, 15) is 9.59 Å². The highest BCUT2D eigenvalue weighted by molar-refractivity contribution is 7.99. The van der Waals surface area contributed by atoms with Crippen LogP contribution in [0.3, 0.4) is 0 Å². The zero-order valence-electron chi connectivity index (χ0n) is 9.98. The van der Waals surface area contributed by atoms with Gasteiger partial charge in [0.15, 0.2) is 0 Å². The lowest BCUT2D eigenvalue weighted by Gasteiger charge is -2.22. The Morgan fingerprint density at radius 1 is 1.47 bits per heavy atom. The summed E-state index contributed by atoms with van der Waals surface area (Å²) in [5.74, 6) is 0.250. The fourth-order valence-corrected chi connectivity index (χ4v) is 2.99. The van der Waals surface area contributed by atoms with E-state index in [2.05, 4.69) is 10.6 Å². The lowest BCUT2D eigenvalue weighted by atomic mass is 10.1. The number of aromatic carboxylic acids is 1. The van der Waals surface area contributed by atoms with Gasteiger partial charge in [0, 0.05) is 18.1 Å². The normalized spacial score (nSPS) is 18.9. The van der Waals surface area contributed by atoms with Gasteiger partial charge in [-0.05, 0) is 12.1 Å². The molecule has 0 radical (unpaired) electrons. The summed E-state index contributed by atoms with van der Waals surface area (Å²) >= 11 is 7.53. The average molecular weight is 301 g/mol. The van der Waals surface area contributed by atoms with Crippen molar-refractivity contribution in [1.29, 1.82) is 0 Å². The highest BCUT2D eigenvalue weighted by Crippen LogP contribution is 2.24. The van der Waals surface area contributed by atoms with Gasteiger partial charge in [0.25, 0.3) is 0 Å². The molecule has 1 heterocycles. The SMILES string of the molecule is O=C(O)c1c(Cl)cccc1NC(=O)C1CSCCN1. The second-order valence-corrected chi connectivity index (χ2v) is 5.60. The zero-order valence-corrected chi connectivity index (χ0v) is 11.6. The van der Waals surface area contributed by atoms with Crippen LogP contribution in [0, 0.1) is 0 Å². The topological polar surface area (TPSA) is 78.4 Å². The Bertz CT molecular complexity index is 504. The van der Waals surface area contributed by atoms with Crippen molar-refractivity contribution in [3.8, 4) is 0 Å². The van der Waals surface area contributed by atoms with Gasteiger partial charge in [0.1, 0.15) is 5.56 Å². The van der Waals surface area contributed by atoms with E-state index >= 15 is 0 Å². The number of nitrogens with one attached hydrogen (secondary N) is 2. The number of halogens is 1. The van der Waals surface area contributed by atoms with Gasteiger partial charge in [-0.3, -0.25) is 4.79 Å². The van der Waals surface area contributed by atoms with Gasteiger partial charge in [0.05, 0.1) is 16.8 Å². The Morgan fingerprint density at radius 3 is 2.89 bits per heavy atom. The molecule has 1 fully saturated rings. The maximum Gasteiger partial charge on any atom is 0.339 e. The van der Waals surface area contributed by atoms with Gasteiger partial charge in [-0.15, -0.1) is 0 Å². The van der Waals surface area contributed by atoms with E-state index < -0.39 is 5.97 Å². The van der Waals surface area contributed by atoms with Gasteiger partial charge >= 0.3 is 5.97 Å². The maximum absolute atomic E-state index is 12.0. The van der Waals surface area contributed by atoms with Gasteiger partial charge in [-0.1, -0.05) is 17.7 Å². The van der Waals surface area contributed by atoms with Crippen molar-refractivity contribution in [2.75, 3.05) is 23.4 Å². The molecule has 1 aromatic rings. The van der Waals surface area contributed by atoms with Crippen molar-refractivity contribution >= 4 is 40.9 Å². The van der Waals surface area contributed by atoms with Crippen molar-refractivity contribution < 1.29 is 14.7 Å². The largest absolute Gasteiger partial charge is 0.478 e. The molecule has 0 aromatic heterocycles. The first kappa shape index (κ1) is 14.2. The number of carbonyl (C=O) groups excluding carboxylic acids is 1. The summed E-state index contributed by atoms with van der Waals surface area (Å²) < 4.78 is 0. The number of carboxylic acids is 1. The number of amides is 1. The third-order valence-electron chi connectivity index (χ3n) is 2.72. The monoisotopic (exact) mass is 300 g/mol. The molecule has 0 saturated carbocycles. The Labute approximate surface area is 119 Å². The predicted octanol–water partition coefficient (Wildman–Crippen LogP) is 1.68. The molecule has 2 rings (SSSR count). The molecule has 1 saturated heterocycles. The van der Waals surface area contributed by atoms with Gasteiger partial charge in [0.2, 0.25) is 5.91 Å². The molecule has 1 aliphatic heterocycles. The highest BCUT2D eigenvalue weighted by Gasteiger charge is 2.23. The number of anilines is 1. The van der Waals surface area contributed by atoms with Gasteiger partial charge < -0.3 is 15.7 Å². The smallest absolute Gasteiger partial charge is 0.339 e. The number of carboxylic acid groups (broad SMARTS) is 1. The third-order valence-corrected chi connectivity index (χ3v) is 4.10. The molecule has 19 heavy (non-hydrogen) atoms. The van der Waals surface area contributed by atoms with Crippen LogP contribution in [0.1, 0.15) is 10.4 Å². The van der Waals surface area contributed by atoms with Crippen LogP contribution in [-0.4, -0.2) is 41.1 Å². The second-order valence-electron chi connectivity index (χ2n) is 4.04. The van der Waals surface area contributed by atoms with E-state index in [4.69, 9.17) is 16.7 Å². The molecule has 1 aromatic carbocycles. The Kier molecular flexibility index (Phi) is 4.68. The first-order chi connectivity index (χ1) is 9.09.